The third-order valence-electron chi connectivity index (χ3n) is 3.96. The summed E-state index contributed by atoms with van der Waals surface area (Å²) in [6, 6.07) is 10.7. The quantitative estimate of drug-likeness (QED) is 0.788. The minimum Gasteiger partial charge on any atom is -0.375 e. The Bertz CT molecular complexity index is 783. The first-order valence-corrected chi connectivity index (χ1v) is 7.87. The van der Waals surface area contributed by atoms with E-state index in [-0.39, 0.29) is 0 Å². The van der Waals surface area contributed by atoms with Crippen LogP contribution in [-0.2, 0) is 6.54 Å². The van der Waals surface area contributed by atoms with E-state index in [0.717, 1.165) is 12.2 Å². The zero-order chi connectivity index (χ0) is 15.0. The van der Waals surface area contributed by atoms with E-state index in [1.165, 1.54) is 39.4 Å². The Morgan fingerprint density at radius 2 is 1.95 bits per heavy atom. The van der Waals surface area contributed by atoms with Gasteiger partial charge in [-0.25, -0.2) is 4.98 Å². The number of nitrogens with two attached hydrogens (primary N) is 1. The predicted molar refractivity (Wildman–Crippen MR) is 89.7 cm³/mol. The van der Waals surface area contributed by atoms with Gasteiger partial charge in [-0.3, -0.25) is 0 Å². The van der Waals surface area contributed by atoms with Crippen molar-refractivity contribution >= 4 is 16.5 Å². The number of aryl methyl sites for hydroxylation is 2. The van der Waals surface area contributed by atoms with E-state index in [9.17, 15) is 0 Å². The van der Waals surface area contributed by atoms with Crippen molar-refractivity contribution in [3.63, 3.8) is 0 Å². The Labute approximate surface area is 129 Å². The molecule has 108 valence electrons. The molecule has 3 nitrogen and oxygen atoms in total. The molecule has 0 unspecified atom stereocenters. The standard InChI is InChI=1S/C17H19N3S/c1-11-6-4-5-7-14(11)9-20-12(2)8-15(13(20)3)16-10-21-17(18)19-16/h4-8,10H,9H2,1-3H3,(H2,18,19). The van der Waals surface area contributed by atoms with Crippen LogP contribution < -0.4 is 5.73 Å². The summed E-state index contributed by atoms with van der Waals surface area (Å²) in [7, 11) is 0. The molecule has 0 aliphatic heterocycles. The number of thiazole rings is 1. The van der Waals surface area contributed by atoms with Crippen molar-refractivity contribution in [2.45, 2.75) is 27.3 Å². The number of hydrogen-bond donors (Lipinski definition) is 1. The molecule has 3 rings (SSSR count). The van der Waals surface area contributed by atoms with Crippen LogP contribution in [0.15, 0.2) is 35.7 Å². The van der Waals surface area contributed by atoms with Crippen LogP contribution in [0, 0.1) is 20.8 Å². The van der Waals surface area contributed by atoms with Crippen molar-refractivity contribution in [1.82, 2.24) is 9.55 Å². The van der Waals surface area contributed by atoms with E-state index in [1.54, 1.807) is 0 Å². The Hall–Kier alpha value is -2.07. The minimum absolute atomic E-state index is 0.619. The average Bonchev–Trinajstić information content (AvgIpc) is 2.99. The van der Waals surface area contributed by atoms with Crippen LogP contribution in [0.25, 0.3) is 11.3 Å². The summed E-state index contributed by atoms with van der Waals surface area (Å²) in [5.74, 6) is 0. The maximum atomic E-state index is 5.75. The first-order chi connectivity index (χ1) is 10.1. The van der Waals surface area contributed by atoms with Crippen LogP contribution >= 0.6 is 11.3 Å². The molecule has 4 heteroatoms. The molecule has 0 bridgehead atoms. The molecule has 0 aliphatic carbocycles. The molecule has 0 fully saturated rings. The van der Waals surface area contributed by atoms with Gasteiger partial charge in [-0.2, -0.15) is 0 Å². The third-order valence-corrected chi connectivity index (χ3v) is 4.64. The lowest BCUT2D eigenvalue weighted by Crippen LogP contribution is -2.05. The summed E-state index contributed by atoms with van der Waals surface area (Å²) in [5.41, 5.74) is 13.1. The van der Waals surface area contributed by atoms with Gasteiger partial charge in [-0.05, 0) is 38.0 Å². The fourth-order valence-corrected chi connectivity index (χ4v) is 3.24. The first-order valence-electron chi connectivity index (χ1n) is 6.99. The van der Waals surface area contributed by atoms with Crippen LogP contribution in [-0.4, -0.2) is 9.55 Å². The van der Waals surface area contributed by atoms with E-state index >= 15 is 0 Å². The van der Waals surface area contributed by atoms with Gasteiger partial charge in [0, 0.05) is 28.9 Å². The molecular formula is C17H19N3S. The second-order valence-corrected chi connectivity index (χ2v) is 6.26. The molecule has 21 heavy (non-hydrogen) atoms. The lowest BCUT2D eigenvalue weighted by Gasteiger charge is -2.12. The number of nitrogen functional groups attached to an aromatic ring is 1. The first kappa shape index (κ1) is 13.9. The zero-order valence-corrected chi connectivity index (χ0v) is 13.4. The van der Waals surface area contributed by atoms with Crippen molar-refractivity contribution < 1.29 is 0 Å². The minimum atomic E-state index is 0.619. The highest BCUT2D eigenvalue weighted by Gasteiger charge is 2.13. The number of anilines is 1. The van der Waals surface area contributed by atoms with Gasteiger partial charge < -0.3 is 10.3 Å². The Morgan fingerprint density at radius 3 is 2.62 bits per heavy atom. The summed E-state index contributed by atoms with van der Waals surface area (Å²) in [5, 5.41) is 2.64. The van der Waals surface area contributed by atoms with Crippen molar-refractivity contribution in [3.8, 4) is 11.3 Å². The smallest absolute Gasteiger partial charge is 0.180 e. The molecule has 3 aromatic rings. The van der Waals surface area contributed by atoms with E-state index in [0.29, 0.717) is 5.13 Å². The van der Waals surface area contributed by atoms with Gasteiger partial charge in [0.25, 0.3) is 0 Å². The van der Waals surface area contributed by atoms with E-state index < -0.39 is 0 Å². The predicted octanol–water partition coefficient (Wildman–Crippen LogP) is 4.17. The molecule has 0 atom stereocenters. The van der Waals surface area contributed by atoms with Crippen LogP contribution in [0.4, 0.5) is 5.13 Å². The second kappa shape index (κ2) is 5.37. The third kappa shape index (κ3) is 2.59. The van der Waals surface area contributed by atoms with Crippen LogP contribution in [0.3, 0.4) is 0 Å². The van der Waals surface area contributed by atoms with E-state index in [4.69, 9.17) is 5.73 Å². The van der Waals surface area contributed by atoms with Gasteiger partial charge >= 0.3 is 0 Å². The highest BCUT2D eigenvalue weighted by atomic mass is 32.1. The van der Waals surface area contributed by atoms with Crippen LogP contribution in [0.5, 0.6) is 0 Å². The molecule has 2 N–H and O–H groups in total. The van der Waals surface area contributed by atoms with Crippen LogP contribution in [0.1, 0.15) is 22.5 Å². The molecular weight excluding hydrogens is 278 g/mol. The zero-order valence-electron chi connectivity index (χ0n) is 12.6. The van der Waals surface area contributed by atoms with Crippen molar-refractivity contribution in [1.29, 1.82) is 0 Å². The molecule has 1 aromatic carbocycles. The van der Waals surface area contributed by atoms with Gasteiger partial charge in [-0.1, -0.05) is 24.3 Å². The molecule has 0 spiro atoms. The summed E-state index contributed by atoms with van der Waals surface area (Å²) in [6.07, 6.45) is 0. The highest BCUT2D eigenvalue weighted by molar-refractivity contribution is 7.13. The largest absolute Gasteiger partial charge is 0.375 e. The summed E-state index contributed by atoms with van der Waals surface area (Å²) in [4.78, 5) is 4.40. The number of rotatable bonds is 3. The van der Waals surface area contributed by atoms with Gasteiger partial charge in [0.05, 0.1) is 5.69 Å². The van der Waals surface area contributed by atoms with E-state index in [2.05, 4.69) is 60.7 Å². The number of nitrogens with zero attached hydrogens (tertiary/aromatic N) is 2. The lowest BCUT2D eigenvalue weighted by atomic mass is 10.1. The Morgan fingerprint density at radius 1 is 1.19 bits per heavy atom. The molecule has 2 heterocycles. The van der Waals surface area contributed by atoms with Gasteiger partial charge in [-0.15, -0.1) is 11.3 Å². The van der Waals surface area contributed by atoms with Crippen molar-refractivity contribution in [2.24, 2.45) is 0 Å². The maximum Gasteiger partial charge on any atom is 0.180 e. The van der Waals surface area contributed by atoms with Gasteiger partial charge in [0.2, 0.25) is 0 Å². The fourth-order valence-electron chi connectivity index (χ4n) is 2.67. The molecule has 2 aromatic heterocycles. The SMILES string of the molecule is Cc1ccccc1Cn1c(C)cc(-c2csc(N)n2)c1C. The topological polar surface area (TPSA) is 43.8 Å². The lowest BCUT2D eigenvalue weighted by molar-refractivity contribution is 0.746. The summed E-state index contributed by atoms with van der Waals surface area (Å²) in [6.45, 7) is 7.34. The monoisotopic (exact) mass is 297 g/mol. The Balaban J connectivity index is 2.01. The molecule has 0 saturated heterocycles. The molecule has 0 amide bonds. The van der Waals surface area contributed by atoms with E-state index in [1.807, 2.05) is 5.38 Å². The number of hydrogen-bond acceptors (Lipinski definition) is 3. The highest BCUT2D eigenvalue weighted by Crippen LogP contribution is 2.29. The summed E-state index contributed by atoms with van der Waals surface area (Å²) >= 11 is 1.49. The molecule has 0 aliphatic rings. The normalized spacial score (nSPS) is 11.0. The second-order valence-electron chi connectivity index (χ2n) is 5.37. The number of benzene rings is 1. The number of aromatic nitrogens is 2. The van der Waals surface area contributed by atoms with Crippen LogP contribution in [0.2, 0.25) is 0 Å². The molecule has 0 radical (unpaired) electrons. The molecule has 0 saturated carbocycles. The average molecular weight is 297 g/mol. The van der Waals surface area contributed by atoms with Gasteiger partial charge in [0.1, 0.15) is 0 Å². The van der Waals surface area contributed by atoms with Gasteiger partial charge in [0.15, 0.2) is 5.13 Å². The Kier molecular flexibility index (Phi) is 3.55. The summed E-state index contributed by atoms with van der Waals surface area (Å²) < 4.78 is 2.34. The maximum absolute atomic E-state index is 5.75. The van der Waals surface area contributed by atoms with Crippen molar-refractivity contribution in [2.75, 3.05) is 5.73 Å². The van der Waals surface area contributed by atoms with Crippen molar-refractivity contribution in [3.05, 3.63) is 58.2 Å². The fraction of sp³-hybridized carbons (Fsp3) is 0.235.